The second-order valence-electron chi connectivity index (χ2n) is 7.92. The van der Waals surface area contributed by atoms with Crippen LogP contribution in [0, 0.1) is 0 Å². The van der Waals surface area contributed by atoms with Gasteiger partial charge in [-0.2, -0.15) is 0 Å². The Balaban J connectivity index is 1.55. The molecule has 1 saturated heterocycles. The highest BCUT2D eigenvalue weighted by atomic mass is 16.6. The van der Waals surface area contributed by atoms with Crippen molar-refractivity contribution in [3.63, 3.8) is 0 Å². The van der Waals surface area contributed by atoms with Crippen molar-refractivity contribution < 1.29 is 14.3 Å². The Morgan fingerprint density at radius 1 is 1.12 bits per heavy atom. The zero-order valence-electron chi connectivity index (χ0n) is 15.7. The summed E-state index contributed by atoms with van der Waals surface area (Å²) in [7, 11) is 0. The maximum absolute atomic E-state index is 12.3. The highest BCUT2D eigenvalue weighted by Crippen LogP contribution is 2.32. The molecule has 0 aliphatic carbocycles. The van der Waals surface area contributed by atoms with Gasteiger partial charge in [0.1, 0.15) is 18.0 Å². The van der Waals surface area contributed by atoms with Gasteiger partial charge in [0.2, 0.25) is 0 Å². The van der Waals surface area contributed by atoms with Gasteiger partial charge in [0.25, 0.3) is 0 Å². The highest BCUT2D eigenvalue weighted by molar-refractivity contribution is 5.90. The van der Waals surface area contributed by atoms with Crippen LogP contribution < -0.4 is 9.64 Å². The number of anilines is 1. The van der Waals surface area contributed by atoms with Crippen molar-refractivity contribution in [2.75, 3.05) is 37.7 Å². The molecule has 5 heteroatoms. The van der Waals surface area contributed by atoms with Crippen LogP contribution in [0.1, 0.15) is 45.6 Å². The number of hydrogen-bond donors (Lipinski definition) is 0. The number of carbonyl (C=O) groups excluding carboxylic acids is 1. The predicted octanol–water partition coefficient (Wildman–Crippen LogP) is 3.85. The molecule has 3 rings (SSSR count). The van der Waals surface area contributed by atoms with Crippen LogP contribution in [0.3, 0.4) is 0 Å². The molecule has 2 aliphatic rings. The third-order valence-corrected chi connectivity index (χ3v) is 4.69. The third kappa shape index (κ3) is 4.88. The van der Waals surface area contributed by atoms with Gasteiger partial charge >= 0.3 is 6.09 Å². The van der Waals surface area contributed by atoms with Crippen molar-refractivity contribution in [1.82, 2.24) is 4.90 Å². The number of carbonyl (C=O) groups is 1. The van der Waals surface area contributed by atoms with Gasteiger partial charge in [-0.3, -0.25) is 9.80 Å². The first-order valence-corrected chi connectivity index (χ1v) is 9.41. The fourth-order valence-electron chi connectivity index (χ4n) is 3.45. The Bertz CT molecular complexity index is 603. The number of fused-ring (bicyclic) bond motifs is 1. The van der Waals surface area contributed by atoms with Gasteiger partial charge in [-0.05, 0) is 76.9 Å². The number of ether oxygens (including phenoxy) is 2. The van der Waals surface area contributed by atoms with Gasteiger partial charge in [-0.15, -0.1) is 0 Å². The quantitative estimate of drug-likeness (QED) is 0.830. The molecule has 2 aliphatic heterocycles. The van der Waals surface area contributed by atoms with Crippen LogP contribution >= 0.6 is 0 Å². The van der Waals surface area contributed by atoms with Gasteiger partial charge in [0, 0.05) is 13.1 Å². The zero-order chi connectivity index (χ0) is 17.9. The minimum Gasteiger partial charge on any atom is -0.492 e. The summed E-state index contributed by atoms with van der Waals surface area (Å²) in [5, 5.41) is 0. The van der Waals surface area contributed by atoms with Gasteiger partial charge in [-0.25, -0.2) is 4.79 Å². The normalized spacial score (nSPS) is 18.1. The van der Waals surface area contributed by atoms with Crippen LogP contribution in [0.15, 0.2) is 18.2 Å². The van der Waals surface area contributed by atoms with Crippen molar-refractivity contribution >= 4 is 11.8 Å². The number of nitrogens with zero attached hydrogens (tertiary/aromatic N) is 2. The average molecular weight is 346 g/mol. The van der Waals surface area contributed by atoms with E-state index in [9.17, 15) is 4.79 Å². The molecular weight excluding hydrogens is 316 g/mol. The first kappa shape index (κ1) is 18.1. The predicted molar refractivity (Wildman–Crippen MR) is 99.5 cm³/mol. The number of amides is 1. The van der Waals surface area contributed by atoms with Gasteiger partial charge in [0.05, 0.1) is 5.69 Å². The summed E-state index contributed by atoms with van der Waals surface area (Å²) in [4.78, 5) is 16.5. The summed E-state index contributed by atoms with van der Waals surface area (Å²) >= 11 is 0. The maximum Gasteiger partial charge on any atom is 0.414 e. The molecule has 0 aromatic heterocycles. The van der Waals surface area contributed by atoms with Crippen molar-refractivity contribution in [3.05, 3.63) is 23.8 Å². The first-order chi connectivity index (χ1) is 11.9. The van der Waals surface area contributed by atoms with E-state index in [0.717, 1.165) is 30.0 Å². The molecule has 2 heterocycles. The lowest BCUT2D eigenvalue weighted by molar-refractivity contribution is 0.0584. The van der Waals surface area contributed by atoms with E-state index >= 15 is 0 Å². The Hall–Kier alpha value is -1.75. The van der Waals surface area contributed by atoms with Crippen LogP contribution in [0.4, 0.5) is 10.5 Å². The molecule has 0 saturated carbocycles. The Kier molecular flexibility index (Phi) is 5.52. The zero-order valence-corrected chi connectivity index (χ0v) is 15.7. The topological polar surface area (TPSA) is 42.0 Å². The number of likely N-dealkylation sites (tertiary alicyclic amines) is 1. The average Bonchev–Trinajstić information content (AvgIpc) is 2.97. The molecule has 25 heavy (non-hydrogen) atoms. The number of rotatable bonds is 4. The summed E-state index contributed by atoms with van der Waals surface area (Å²) in [6.45, 7) is 10.4. The van der Waals surface area contributed by atoms with Crippen LogP contribution in [0.25, 0.3) is 0 Å². The largest absolute Gasteiger partial charge is 0.492 e. The van der Waals surface area contributed by atoms with E-state index in [1.807, 2.05) is 32.9 Å². The molecule has 1 aromatic carbocycles. The van der Waals surface area contributed by atoms with Crippen molar-refractivity contribution in [3.8, 4) is 5.75 Å². The SMILES string of the molecule is CC(C)(C)OC(=O)N1CCc2cc(OCCN3CCCCC3)ccc21. The second-order valence-corrected chi connectivity index (χ2v) is 7.92. The maximum atomic E-state index is 12.3. The Labute approximate surface area is 150 Å². The molecule has 0 spiro atoms. The Morgan fingerprint density at radius 3 is 2.60 bits per heavy atom. The van der Waals surface area contributed by atoms with E-state index in [2.05, 4.69) is 11.0 Å². The number of hydrogen-bond acceptors (Lipinski definition) is 4. The second kappa shape index (κ2) is 7.65. The fraction of sp³-hybridized carbons (Fsp3) is 0.650. The lowest BCUT2D eigenvalue weighted by Gasteiger charge is -2.26. The molecule has 1 amide bonds. The number of piperidine rings is 1. The summed E-state index contributed by atoms with van der Waals surface area (Å²) in [5.74, 6) is 0.891. The van der Waals surface area contributed by atoms with Crippen molar-refractivity contribution in [2.24, 2.45) is 0 Å². The van der Waals surface area contributed by atoms with Gasteiger partial charge < -0.3 is 9.47 Å². The molecule has 1 aromatic rings. The van der Waals surface area contributed by atoms with Gasteiger partial charge in [-0.1, -0.05) is 6.42 Å². The summed E-state index contributed by atoms with van der Waals surface area (Å²) < 4.78 is 11.4. The van der Waals surface area contributed by atoms with Crippen molar-refractivity contribution in [1.29, 1.82) is 0 Å². The molecule has 0 atom stereocenters. The molecule has 0 bridgehead atoms. The van der Waals surface area contributed by atoms with E-state index in [0.29, 0.717) is 13.2 Å². The van der Waals surface area contributed by atoms with Crippen LogP contribution in [-0.2, 0) is 11.2 Å². The van der Waals surface area contributed by atoms with Crippen LogP contribution in [0.2, 0.25) is 0 Å². The lowest BCUT2D eigenvalue weighted by atomic mass is 10.1. The van der Waals surface area contributed by atoms with Crippen molar-refractivity contribution in [2.45, 2.75) is 52.1 Å². The fourth-order valence-corrected chi connectivity index (χ4v) is 3.45. The minimum absolute atomic E-state index is 0.273. The Morgan fingerprint density at radius 2 is 1.88 bits per heavy atom. The van der Waals surface area contributed by atoms with Crippen LogP contribution in [0.5, 0.6) is 5.75 Å². The molecule has 1 fully saturated rings. The number of benzene rings is 1. The monoisotopic (exact) mass is 346 g/mol. The lowest BCUT2D eigenvalue weighted by Crippen LogP contribution is -2.35. The molecule has 0 N–H and O–H groups in total. The molecule has 5 nitrogen and oxygen atoms in total. The highest BCUT2D eigenvalue weighted by Gasteiger charge is 2.29. The van der Waals surface area contributed by atoms with E-state index in [1.54, 1.807) is 4.90 Å². The van der Waals surface area contributed by atoms with E-state index in [4.69, 9.17) is 9.47 Å². The first-order valence-electron chi connectivity index (χ1n) is 9.41. The van der Waals surface area contributed by atoms with E-state index in [-0.39, 0.29) is 6.09 Å². The molecule has 0 radical (unpaired) electrons. The van der Waals surface area contributed by atoms with Crippen LogP contribution in [-0.4, -0.2) is 49.4 Å². The van der Waals surface area contributed by atoms with E-state index < -0.39 is 5.60 Å². The standard InChI is InChI=1S/C20H30N2O3/c1-20(2,3)25-19(23)22-12-9-16-15-17(7-8-18(16)22)24-14-13-21-10-5-4-6-11-21/h7-8,15H,4-6,9-14H2,1-3H3. The summed E-state index contributed by atoms with van der Waals surface area (Å²) in [5.41, 5.74) is 1.62. The molecule has 0 unspecified atom stereocenters. The summed E-state index contributed by atoms with van der Waals surface area (Å²) in [6, 6.07) is 6.00. The molecule has 138 valence electrons. The van der Waals surface area contributed by atoms with E-state index in [1.165, 1.54) is 32.4 Å². The minimum atomic E-state index is -0.475. The smallest absolute Gasteiger partial charge is 0.414 e. The third-order valence-electron chi connectivity index (χ3n) is 4.69. The van der Waals surface area contributed by atoms with Gasteiger partial charge in [0.15, 0.2) is 0 Å². The molecular formula is C20H30N2O3. The summed E-state index contributed by atoms with van der Waals surface area (Å²) in [6.07, 6.45) is 4.54.